The molecule has 0 saturated heterocycles. The summed E-state index contributed by atoms with van der Waals surface area (Å²) in [4.78, 5) is 12.2. The van der Waals surface area contributed by atoms with Gasteiger partial charge in [-0.2, -0.15) is 13.2 Å². The van der Waals surface area contributed by atoms with E-state index in [-0.39, 0.29) is 11.3 Å². The summed E-state index contributed by atoms with van der Waals surface area (Å²) in [5, 5.41) is 8.69. The summed E-state index contributed by atoms with van der Waals surface area (Å²) in [6, 6.07) is 2.85. The zero-order valence-electron chi connectivity index (χ0n) is 9.75. The number of benzene rings is 1. The maximum Gasteiger partial charge on any atom is 0.406 e. The molecule has 1 amide bonds. The third-order valence-corrected chi connectivity index (χ3v) is 2.27. The lowest BCUT2D eigenvalue weighted by atomic mass is 10.1. The average molecular weight is 280 g/mol. The van der Waals surface area contributed by atoms with Crippen molar-refractivity contribution in [2.45, 2.75) is 6.18 Å². The first-order chi connectivity index (χ1) is 8.74. The number of nitrogens with zero attached hydrogens (tertiary/aromatic N) is 1. The number of amides is 1. The van der Waals surface area contributed by atoms with Gasteiger partial charge in [0.1, 0.15) is 12.4 Å². The van der Waals surface area contributed by atoms with E-state index in [0.29, 0.717) is 4.90 Å². The molecule has 0 radical (unpaired) electrons. The molecular formula is C11H12F4N2O2. The average Bonchev–Trinajstić information content (AvgIpc) is 2.29. The largest absolute Gasteiger partial charge is 0.406 e. The molecule has 0 saturated carbocycles. The molecule has 0 aliphatic heterocycles. The molecule has 19 heavy (non-hydrogen) atoms. The van der Waals surface area contributed by atoms with Crippen LogP contribution >= 0.6 is 0 Å². The van der Waals surface area contributed by atoms with E-state index >= 15 is 0 Å². The molecule has 4 nitrogen and oxygen atoms in total. The fraction of sp³-hybridized carbons (Fsp3) is 0.364. The van der Waals surface area contributed by atoms with Gasteiger partial charge in [-0.1, -0.05) is 0 Å². The number of carbonyl (C=O) groups excluding carboxylic acids is 1. The van der Waals surface area contributed by atoms with Crippen LogP contribution in [0, 0.1) is 5.82 Å². The van der Waals surface area contributed by atoms with Gasteiger partial charge in [0.15, 0.2) is 0 Å². The Labute approximate surface area is 106 Å². The van der Waals surface area contributed by atoms with Crippen molar-refractivity contribution in [1.82, 2.24) is 4.90 Å². The van der Waals surface area contributed by atoms with Crippen LogP contribution in [0.3, 0.4) is 0 Å². The van der Waals surface area contributed by atoms with Gasteiger partial charge in [0.25, 0.3) is 5.91 Å². The number of aliphatic hydroxyl groups excluding tert-OH is 1. The number of nitrogen functional groups attached to an aromatic ring is 1. The molecule has 1 aromatic rings. The topological polar surface area (TPSA) is 66.6 Å². The summed E-state index contributed by atoms with van der Waals surface area (Å²) in [5.41, 5.74) is 4.94. The molecule has 1 rings (SSSR count). The number of aliphatic hydroxyl groups is 1. The molecule has 0 unspecified atom stereocenters. The van der Waals surface area contributed by atoms with E-state index in [0.717, 1.165) is 18.2 Å². The lowest BCUT2D eigenvalue weighted by molar-refractivity contribution is -0.141. The Morgan fingerprint density at radius 3 is 2.53 bits per heavy atom. The standard InChI is InChI=1S/C11H12F4N2O2/c12-7-1-2-9(16)8(5-7)10(19)17(3-4-18)6-11(13,14)15/h1-2,5,18H,3-4,6,16H2. The second kappa shape index (κ2) is 5.87. The van der Waals surface area contributed by atoms with Crippen molar-refractivity contribution in [3.05, 3.63) is 29.6 Å². The van der Waals surface area contributed by atoms with Gasteiger partial charge in [-0.05, 0) is 18.2 Å². The first-order valence-corrected chi connectivity index (χ1v) is 5.26. The highest BCUT2D eigenvalue weighted by Crippen LogP contribution is 2.20. The summed E-state index contributed by atoms with van der Waals surface area (Å²) in [6.45, 7) is -2.70. The third kappa shape index (κ3) is 4.40. The fourth-order valence-corrected chi connectivity index (χ4v) is 1.47. The van der Waals surface area contributed by atoms with Gasteiger partial charge in [0.05, 0.1) is 12.2 Å². The molecule has 0 aliphatic rings. The van der Waals surface area contributed by atoms with Crippen LogP contribution in [0.4, 0.5) is 23.2 Å². The molecular weight excluding hydrogens is 268 g/mol. The Morgan fingerprint density at radius 2 is 2.00 bits per heavy atom. The minimum absolute atomic E-state index is 0.128. The predicted molar refractivity (Wildman–Crippen MR) is 59.9 cm³/mol. The van der Waals surface area contributed by atoms with E-state index in [1.54, 1.807) is 0 Å². The van der Waals surface area contributed by atoms with Gasteiger partial charge in [0.2, 0.25) is 0 Å². The van der Waals surface area contributed by atoms with E-state index in [9.17, 15) is 22.4 Å². The van der Waals surface area contributed by atoms with E-state index in [2.05, 4.69) is 0 Å². The van der Waals surface area contributed by atoms with Crippen LogP contribution in [-0.2, 0) is 0 Å². The van der Waals surface area contributed by atoms with Crippen LogP contribution < -0.4 is 5.73 Å². The van der Waals surface area contributed by atoms with Crippen molar-refractivity contribution in [3.8, 4) is 0 Å². The molecule has 8 heteroatoms. The maximum atomic E-state index is 13.0. The highest BCUT2D eigenvalue weighted by Gasteiger charge is 2.33. The van der Waals surface area contributed by atoms with E-state index in [1.165, 1.54) is 0 Å². The zero-order valence-corrected chi connectivity index (χ0v) is 9.75. The van der Waals surface area contributed by atoms with E-state index in [4.69, 9.17) is 10.8 Å². The van der Waals surface area contributed by atoms with Crippen LogP contribution in [0.25, 0.3) is 0 Å². The molecule has 0 fully saturated rings. The second-order valence-corrected chi connectivity index (χ2v) is 3.80. The lowest BCUT2D eigenvalue weighted by Gasteiger charge is -2.23. The normalized spacial score (nSPS) is 11.4. The van der Waals surface area contributed by atoms with Crippen molar-refractivity contribution >= 4 is 11.6 Å². The number of alkyl halides is 3. The quantitative estimate of drug-likeness (QED) is 0.647. The zero-order chi connectivity index (χ0) is 14.6. The van der Waals surface area contributed by atoms with E-state index in [1.807, 2.05) is 0 Å². The van der Waals surface area contributed by atoms with Gasteiger partial charge < -0.3 is 15.7 Å². The molecule has 0 aromatic heterocycles. The number of nitrogens with two attached hydrogens (primary N) is 1. The summed E-state index contributed by atoms with van der Waals surface area (Å²) in [7, 11) is 0. The first kappa shape index (κ1) is 15.2. The smallest absolute Gasteiger partial charge is 0.398 e. The van der Waals surface area contributed by atoms with Crippen LogP contribution in [-0.4, -0.2) is 41.8 Å². The number of rotatable bonds is 4. The van der Waals surface area contributed by atoms with Crippen LogP contribution in [0.5, 0.6) is 0 Å². The molecule has 0 atom stereocenters. The Bertz CT molecular complexity index is 462. The van der Waals surface area contributed by atoms with Crippen molar-refractivity contribution in [3.63, 3.8) is 0 Å². The van der Waals surface area contributed by atoms with Crippen molar-refractivity contribution in [1.29, 1.82) is 0 Å². The van der Waals surface area contributed by atoms with Crippen molar-refractivity contribution in [2.24, 2.45) is 0 Å². The number of hydrogen-bond acceptors (Lipinski definition) is 3. The molecule has 1 aromatic carbocycles. The number of hydrogen-bond donors (Lipinski definition) is 2. The number of anilines is 1. The molecule has 0 bridgehead atoms. The highest BCUT2D eigenvalue weighted by molar-refractivity contribution is 5.99. The van der Waals surface area contributed by atoms with Crippen molar-refractivity contribution < 1.29 is 27.5 Å². The van der Waals surface area contributed by atoms with Gasteiger partial charge in [-0.15, -0.1) is 0 Å². The Morgan fingerprint density at radius 1 is 1.37 bits per heavy atom. The molecule has 0 heterocycles. The van der Waals surface area contributed by atoms with Gasteiger partial charge >= 0.3 is 6.18 Å². The Balaban J connectivity index is 3.02. The lowest BCUT2D eigenvalue weighted by Crippen LogP contribution is -2.41. The molecule has 0 spiro atoms. The number of carbonyl (C=O) groups is 1. The van der Waals surface area contributed by atoms with E-state index < -0.39 is 37.6 Å². The summed E-state index contributed by atoms with van der Waals surface area (Å²) in [6.07, 6.45) is -4.62. The fourth-order valence-electron chi connectivity index (χ4n) is 1.47. The van der Waals surface area contributed by atoms with Crippen LogP contribution in [0.15, 0.2) is 18.2 Å². The summed E-state index contributed by atoms with van der Waals surface area (Å²) in [5.74, 6) is -1.86. The van der Waals surface area contributed by atoms with Crippen molar-refractivity contribution in [2.75, 3.05) is 25.4 Å². The third-order valence-electron chi connectivity index (χ3n) is 2.27. The SMILES string of the molecule is Nc1ccc(F)cc1C(=O)N(CCO)CC(F)(F)F. The maximum absolute atomic E-state index is 13.0. The van der Waals surface area contributed by atoms with Crippen LogP contribution in [0.2, 0.25) is 0 Å². The second-order valence-electron chi connectivity index (χ2n) is 3.80. The van der Waals surface area contributed by atoms with Gasteiger partial charge in [-0.25, -0.2) is 4.39 Å². The predicted octanol–water partition coefficient (Wildman–Crippen LogP) is 1.40. The molecule has 106 valence electrons. The first-order valence-electron chi connectivity index (χ1n) is 5.26. The van der Waals surface area contributed by atoms with Crippen LogP contribution in [0.1, 0.15) is 10.4 Å². The van der Waals surface area contributed by atoms with Gasteiger partial charge in [0, 0.05) is 12.2 Å². The minimum Gasteiger partial charge on any atom is -0.398 e. The highest BCUT2D eigenvalue weighted by atomic mass is 19.4. The van der Waals surface area contributed by atoms with Gasteiger partial charge in [-0.3, -0.25) is 4.79 Å². The Kier molecular flexibility index (Phi) is 4.71. The number of halogens is 4. The monoisotopic (exact) mass is 280 g/mol. The Hall–Kier alpha value is -1.83. The molecule has 3 N–H and O–H groups in total. The minimum atomic E-state index is -4.62. The molecule has 0 aliphatic carbocycles. The summed E-state index contributed by atoms with van der Waals surface area (Å²) < 4.78 is 49.9. The summed E-state index contributed by atoms with van der Waals surface area (Å²) >= 11 is 0.